The number of methoxy groups -OCH3 is 2. The van der Waals surface area contributed by atoms with E-state index in [1.807, 2.05) is 66.7 Å². The van der Waals surface area contributed by atoms with Gasteiger partial charge >= 0.3 is 0 Å². The first-order chi connectivity index (χ1) is 24.4. The highest BCUT2D eigenvalue weighted by Gasteiger charge is 2.52. The Bertz CT molecular complexity index is 1780. The van der Waals surface area contributed by atoms with Gasteiger partial charge in [0.1, 0.15) is 47.3 Å². The summed E-state index contributed by atoms with van der Waals surface area (Å²) in [5, 5.41) is 12.2. The van der Waals surface area contributed by atoms with Crippen LogP contribution in [-0.2, 0) is 19.8 Å². The minimum atomic E-state index is -1.13. The fraction of sp³-hybridized carbons (Fsp3) is 0.359. The van der Waals surface area contributed by atoms with E-state index in [1.54, 1.807) is 31.2 Å². The first kappa shape index (κ1) is 35.0. The monoisotopic (exact) mass is 679 g/mol. The van der Waals surface area contributed by atoms with Gasteiger partial charge in [-0.25, -0.2) is 15.0 Å². The highest BCUT2D eigenvalue weighted by molar-refractivity contribution is 5.81. The summed E-state index contributed by atoms with van der Waals surface area (Å²) in [6, 6.07) is 25.9. The number of aliphatic hydroxyl groups excluding tert-OH is 1. The average Bonchev–Trinajstić information content (AvgIpc) is 3.74. The number of nitrogen functional groups attached to an aromatic ring is 1. The zero-order valence-electron chi connectivity index (χ0n) is 28.7. The van der Waals surface area contributed by atoms with Crippen LogP contribution in [0.1, 0.15) is 55.5 Å². The Labute approximate surface area is 292 Å². The molecule has 1 unspecified atom stereocenters. The smallest absolute Gasteiger partial charge is 0.167 e. The molecule has 50 heavy (non-hydrogen) atoms. The van der Waals surface area contributed by atoms with Crippen LogP contribution in [0.3, 0.4) is 0 Å². The fourth-order valence-corrected chi connectivity index (χ4v) is 6.76. The first-order valence-corrected chi connectivity index (χ1v) is 17.0. The molecule has 11 heteroatoms. The number of nitrogens with zero attached hydrogens (tertiary/aromatic N) is 4. The lowest BCUT2D eigenvalue weighted by Gasteiger charge is -2.41. The molecular weight excluding hydrogens is 634 g/mol. The third-order valence-electron chi connectivity index (χ3n) is 9.28. The molecule has 3 heterocycles. The Balaban J connectivity index is 1.50. The van der Waals surface area contributed by atoms with E-state index >= 15 is 0 Å². The van der Waals surface area contributed by atoms with Gasteiger partial charge in [-0.2, -0.15) is 0 Å². The Morgan fingerprint density at radius 3 is 2.16 bits per heavy atom. The van der Waals surface area contributed by atoms with Gasteiger partial charge in [0.2, 0.25) is 0 Å². The summed E-state index contributed by atoms with van der Waals surface area (Å²) in [4.78, 5) is 13.0. The van der Waals surface area contributed by atoms with Gasteiger partial charge in [0.15, 0.2) is 17.7 Å². The number of benzene rings is 3. The van der Waals surface area contributed by atoms with Gasteiger partial charge in [-0.3, -0.25) is 4.57 Å². The summed E-state index contributed by atoms with van der Waals surface area (Å²) in [7, 11) is 3.29. The van der Waals surface area contributed by atoms with Crippen molar-refractivity contribution >= 4 is 17.0 Å². The summed E-state index contributed by atoms with van der Waals surface area (Å²) in [6.45, 7) is 6.19. The van der Waals surface area contributed by atoms with Gasteiger partial charge < -0.3 is 34.5 Å². The van der Waals surface area contributed by atoms with E-state index in [0.717, 1.165) is 47.5 Å². The molecule has 1 saturated heterocycles. The second-order valence-corrected chi connectivity index (χ2v) is 12.3. The van der Waals surface area contributed by atoms with Crippen molar-refractivity contribution in [3.8, 4) is 11.5 Å². The largest absolute Gasteiger partial charge is 0.497 e. The molecule has 6 rings (SSSR count). The number of imidazole rings is 1. The number of unbranched alkanes of at least 4 members (excludes halogenated alkanes) is 2. The van der Waals surface area contributed by atoms with E-state index in [1.165, 1.54) is 6.33 Å². The molecule has 0 aliphatic carbocycles. The maximum absolute atomic E-state index is 12.2. The average molecular weight is 680 g/mol. The normalized spacial score (nSPS) is 19.8. The molecule has 3 aromatic carbocycles. The highest BCUT2D eigenvalue weighted by atomic mass is 16.6. The van der Waals surface area contributed by atoms with Crippen LogP contribution in [-0.4, -0.2) is 69.9 Å². The summed E-state index contributed by atoms with van der Waals surface area (Å²) >= 11 is 0. The van der Waals surface area contributed by atoms with E-state index < -0.39 is 36.2 Å². The number of aliphatic hydroxyl groups is 1. The standard InChI is InChI=1S/C39H45N5O6/c1-5-7-9-14-31(34-33(45)35(48-23-6-2)38(49-34)44-25-43-32-36(40)41-24-42-37(32)44)50-39(26-12-10-8-11-13-26,27-15-19-29(46-3)20-16-27)28-17-21-30(47-4)22-18-28/h6,8,10-13,15-22,24-25,31,33-35,38,45H,2,5,7,9,14,23H2,1,3-4H3,(H2,40,41,42)/t31?,33-,34-,35-,38-/m1/s1. The molecule has 1 aliphatic rings. The number of hydrogen-bond acceptors (Lipinski definition) is 10. The third-order valence-corrected chi connectivity index (χ3v) is 9.28. The van der Waals surface area contributed by atoms with Crippen molar-refractivity contribution < 1.29 is 28.8 Å². The molecule has 0 amide bonds. The molecule has 1 fully saturated rings. The minimum absolute atomic E-state index is 0.199. The number of fused-ring (bicyclic) bond motifs is 1. The van der Waals surface area contributed by atoms with Gasteiger partial charge in [0.25, 0.3) is 0 Å². The number of aromatic nitrogens is 4. The topological polar surface area (TPSA) is 136 Å². The summed E-state index contributed by atoms with van der Waals surface area (Å²) in [5.41, 5.74) is 8.59. The van der Waals surface area contributed by atoms with Crippen LogP contribution in [0.25, 0.3) is 11.2 Å². The number of ether oxygens (including phenoxy) is 5. The van der Waals surface area contributed by atoms with Gasteiger partial charge in [-0.1, -0.05) is 86.9 Å². The molecule has 0 spiro atoms. The fourth-order valence-electron chi connectivity index (χ4n) is 6.76. The van der Waals surface area contributed by atoms with Crippen molar-refractivity contribution in [1.29, 1.82) is 0 Å². The summed E-state index contributed by atoms with van der Waals surface area (Å²) in [6.07, 6.45) is 4.00. The molecule has 262 valence electrons. The van der Waals surface area contributed by atoms with Gasteiger partial charge in [-0.05, 0) is 47.4 Å². The molecule has 11 nitrogen and oxygen atoms in total. The Kier molecular flexibility index (Phi) is 11.1. The summed E-state index contributed by atoms with van der Waals surface area (Å²) in [5.74, 6) is 1.70. The number of anilines is 1. The van der Waals surface area contributed by atoms with Crippen molar-refractivity contribution in [2.75, 3.05) is 26.6 Å². The van der Waals surface area contributed by atoms with E-state index in [0.29, 0.717) is 17.6 Å². The minimum Gasteiger partial charge on any atom is -0.497 e. The van der Waals surface area contributed by atoms with Crippen LogP contribution in [0.15, 0.2) is 104 Å². The van der Waals surface area contributed by atoms with E-state index in [2.05, 4.69) is 40.6 Å². The maximum Gasteiger partial charge on any atom is 0.167 e. The quantitative estimate of drug-likeness (QED) is 0.0704. The number of nitrogens with two attached hydrogens (primary N) is 1. The van der Waals surface area contributed by atoms with Crippen LogP contribution in [0.4, 0.5) is 5.82 Å². The molecule has 0 saturated carbocycles. The lowest BCUT2D eigenvalue weighted by atomic mass is 9.79. The molecule has 5 atom stereocenters. The van der Waals surface area contributed by atoms with Crippen molar-refractivity contribution in [2.24, 2.45) is 0 Å². The van der Waals surface area contributed by atoms with Crippen LogP contribution in [0.2, 0.25) is 0 Å². The van der Waals surface area contributed by atoms with Crippen molar-refractivity contribution in [1.82, 2.24) is 19.5 Å². The zero-order chi connectivity index (χ0) is 35.1. The van der Waals surface area contributed by atoms with Crippen molar-refractivity contribution in [3.05, 3.63) is 121 Å². The lowest BCUT2D eigenvalue weighted by Crippen LogP contribution is -2.46. The molecular formula is C39H45N5O6. The summed E-state index contributed by atoms with van der Waals surface area (Å²) < 4.78 is 33.4. The second kappa shape index (κ2) is 15.8. The SMILES string of the molecule is C=CCO[C@@H]1[C@H](O)[C@@H](C(CCCCC)OC(c2ccccc2)(c2ccc(OC)cc2)c2ccc(OC)cc2)O[C@H]1n1cnc2c(N)ncnc21. The molecule has 0 bridgehead atoms. The Hall–Kier alpha value is -4.81. The lowest BCUT2D eigenvalue weighted by molar-refractivity contribution is -0.146. The molecule has 0 radical (unpaired) electrons. The zero-order valence-corrected chi connectivity index (χ0v) is 28.7. The van der Waals surface area contributed by atoms with Gasteiger partial charge in [0, 0.05) is 0 Å². The van der Waals surface area contributed by atoms with Crippen LogP contribution in [0.5, 0.6) is 11.5 Å². The van der Waals surface area contributed by atoms with Crippen LogP contribution >= 0.6 is 0 Å². The van der Waals surface area contributed by atoms with Crippen LogP contribution in [0, 0.1) is 0 Å². The van der Waals surface area contributed by atoms with Gasteiger partial charge in [0.05, 0.1) is 33.3 Å². The van der Waals surface area contributed by atoms with Gasteiger partial charge in [-0.15, -0.1) is 6.58 Å². The Morgan fingerprint density at radius 2 is 1.56 bits per heavy atom. The van der Waals surface area contributed by atoms with E-state index in [9.17, 15) is 5.11 Å². The molecule has 5 aromatic rings. The highest BCUT2D eigenvalue weighted by Crippen LogP contribution is 2.46. The van der Waals surface area contributed by atoms with Crippen molar-refractivity contribution in [2.45, 2.75) is 68.9 Å². The molecule has 3 N–H and O–H groups in total. The van der Waals surface area contributed by atoms with E-state index in [4.69, 9.17) is 29.4 Å². The maximum atomic E-state index is 12.2. The number of rotatable bonds is 16. The van der Waals surface area contributed by atoms with E-state index in [-0.39, 0.29) is 12.4 Å². The number of hydrogen-bond donors (Lipinski definition) is 2. The third kappa shape index (κ3) is 6.82. The molecule has 1 aliphatic heterocycles. The molecule has 2 aromatic heterocycles. The first-order valence-electron chi connectivity index (χ1n) is 17.0. The van der Waals surface area contributed by atoms with Crippen molar-refractivity contribution in [3.63, 3.8) is 0 Å². The predicted octanol–water partition coefficient (Wildman–Crippen LogP) is 6.21. The predicted molar refractivity (Wildman–Crippen MR) is 191 cm³/mol. The Morgan fingerprint density at radius 1 is 0.920 bits per heavy atom. The second-order valence-electron chi connectivity index (χ2n) is 12.3. The van der Waals surface area contributed by atoms with Crippen LogP contribution < -0.4 is 15.2 Å².